The van der Waals surface area contributed by atoms with Crippen LogP contribution in [0.15, 0.2) is 24.3 Å². The average Bonchev–Trinajstić information content (AvgIpc) is 3.00. The van der Waals surface area contributed by atoms with E-state index in [-0.39, 0.29) is 42.1 Å². The molecular weight excluding hydrogens is 959 g/mol. The van der Waals surface area contributed by atoms with Gasteiger partial charge in [0, 0.05) is 12.1 Å². The third kappa shape index (κ3) is 17.5. The molecule has 2 aromatic rings. The van der Waals surface area contributed by atoms with E-state index in [0.29, 0.717) is 23.4 Å². The maximum atomic E-state index is 13.6. The van der Waals surface area contributed by atoms with E-state index in [1.165, 1.54) is 77.2 Å². The molecule has 2 rings (SSSR count). The first kappa shape index (κ1) is 43.7. The predicted octanol–water partition coefficient (Wildman–Crippen LogP) is 10.7. The number of hydrogen-bond donors (Lipinski definition) is 3. The summed E-state index contributed by atoms with van der Waals surface area (Å²) in [4.78, 5) is 48.7. The van der Waals surface area contributed by atoms with Gasteiger partial charge >= 0.3 is 5.97 Å². The zero-order valence-corrected chi connectivity index (χ0v) is 36.3. The number of esters is 1. The van der Waals surface area contributed by atoms with E-state index in [1.807, 2.05) is 32.9 Å². The van der Waals surface area contributed by atoms with Crippen molar-refractivity contribution in [2.24, 2.45) is 0 Å². The summed E-state index contributed by atoms with van der Waals surface area (Å²) in [6.07, 6.45) is 16.1. The normalized spacial score (nSPS) is 11.3. The van der Waals surface area contributed by atoms with E-state index in [2.05, 4.69) is 95.9 Å². The highest BCUT2D eigenvalue weighted by Gasteiger charge is 2.25. The Morgan fingerprint density at radius 3 is 1.49 bits per heavy atom. The predicted molar refractivity (Wildman–Crippen MR) is 227 cm³/mol. The second-order valence-corrected chi connectivity index (χ2v) is 16.9. The van der Waals surface area contributed by atoms with Crippen molar-refractivity contribution in [2.45, 2.75) is 130 Å². The van der Waals surface area contributed by atoms with Gasteiger partial charge in [-0.25, -0.2) is 0 Å². The lowest BCUT2D eigenvalue weighted by atomic mass is 10.0. The molecule has 272 valence electrons. The summed E-state index contributed by atoms with van der Waals surface area (Å²) >= 11 is 6.49. The van der Waals surface area contributed by atoms with Crippen LogP contribution in [0.5, 0.6) is 0 Å². The molecule has 0 saturated heterocycles. The lowest BCUT2D eigenvalue weighted by Crippen LogP contribution is -2.23. The van der Waals surface area contributed by atoms with Crippen molar-refractivity contribution in [1.82, 2.24) is 0 Å². The SMILES string of the molecule is CC(=O)CNc1c(I)c(NCC(C)=O)c(I)c(C(=O)Nc2ccc(CCCCCCCCCCCCCCC(=O)OC(C)(C)C)cc2)c1I. The Bertz CT molecular complexity index is 1350. The summed E-state index contributed by atoms with van der Waals surface area (Å²) in [5.74, 6) is -0.357. The molecule has 11 heteroatoms. The maximum Gasteiger partial charge on any atom is 0.306 e. The summed E-state index contributed by atoms with van der Waals surface area (Å²) < 4.78 is 7.63. The number of halogens is 3. The van der Waals surface area contributed by atoms with Crippen LogP contribution in [0.1, 0.15) is 134 Å². The molecule has 1 amide bonds. The molecule has 0 unspecified atom stereocenters. The number of aryl methyl sites for hydroxylation is 1. The number of benzene rings is 2. The smallest absolute Gasteiger partial charge is 0.306 e. The van der Waals surface area contributed by atoms with Crippen molar-refractivity contribution in [2.75, 3.05) is 29.0 Å². The minimum Gasteiger partial charge on any atom is -0.460 e. The molecule has 0 aliphatic rings. The molecule has 0 atom stereocenters. The van der Waals surface area contributed by atoms with Gasteiger partial charge in [-0.15, -0.1) is 0 Å². The topological polar surface area (TPSA) is 114 Å². The van der Waals surface area contributed by atoms with Crippen molar-refractivity contribution in [1.29, 1.82) is 0 Å². The number of amides is 1. The quantitative estimate of drug-likeness (QED) is 0.0577. The molecule has 0 aliphatic heterocycles. The highest BCUT2D eigenvalue weighted by Crippen LogP contribution is 2.39. The standard InChI is InChI=1S/C38H54I3N3O5/c1-26(45)24-42-35-32(39)31(33(40)36(34(35)41)43-25-27(2)46)37(48)44-29-22-20-28(21-23-29)18-16-14-12-10-8-6-7-9-11-13-15-17-19-30(47)49-38(3,4)5/h20-23,42-43H,6-19,24-25H2,1-5H3,(H,44,48). The van der Waals surface area contributed by atoms with E-state index >= 15 is 0 Å². The largest absolute Gasteiger partial charge is 0.460 e. The molecule has 0 saturated carbocycles. The van der Waals surface area contributed by atoms with Gasteiger partial charge in [0.25, 0.3) is 5.91 Å². The molecular formula is C38H54I3N3O5. The number of hydrogen-bond acceptors (Lipinski definition) is 7. The van der Waals surface area contributed by atoms with Gasteiger partial charge < -0.3 is 20.7 Å². The molecule has 0 bridgehead atoms. The van der Waals surface area contributed by atoms with Crippen LogP contribution in [-0.4, -0.2) is 42.1 Å². The Morgan fingerprint density at radius 1 is 0.633 bits per heavy atom. The van der Waals surface area contributed by atoms with Crippen LogP contribution in [0.25, 0.3) is 0 Å². The summed E-state index contributed by atoms with van der Waals surface area (Å²) in [7, 11) is 0. The lowest BCUT2D eigenvalue weighted by molar-refractivity contribution is -0.155. The van der Waals surface area contributed by atoms with Crippen LogP contribution in [-0.2, 0) is 25.5 Å². The van der Waals surface area contributed by atoms with Crippen LogP contribution in [0.3, 0.4) is 0 Å². The van der Waals surface area contributed by atoms with Gasteiger partial charge in [0.2, 0.25) is 0 Å². The lowest BCUT2D eigenvalue weighted by Gasteiger charge is -2.20. The van der Waals surface area contributed by atoms with Gasteiger partial charge in [-0.2, -0.15) is 0 Å². The van der Waals surface area contributed by atoms with Gasteiger partial charge in [0.05, 0.1) is 40.7 Å². The molecule has 0 spiro atoms. The molecule has 0 radical (unpaired) electrons. The van der Waals surface area contributed by atoms with Gasteiger partial charge in [-0.05, 0) is 139 Å². The molecule has 3 N–H and O–H groups in total. The first-order chi connectivity index (χ1) is 23.2. The van der Waals surface area contributed by atoms with E-state index in [0.717, 1.165) is 42.1 Å². The fourth-order valence-corrected chi connectivity index (χ4v) is 9.73. The van der Waals surface area contributed by atoms with E-state index in [4.69, 9.17) is 4.74 Å². The number of ether oxygens (including phenoxy) is 1. The van der Waals surface area contributed by atoms with Crippen molar-refractivity contribution >= 4 is 108 Å². The van der Waals surface area contributed by atoms with Crippen molar-refractivity contribution < 1.29 is 23.9 Å². The Balaban J connectivity index is 1.72. The van der Waals surface area contributed by atoms with E-state index in [1.54, 1.807) is 0 Å². The van der Waals surface area contributed by atoms with Gasteiger partial charge in [-0.3, -0.25) is 19.2 Å². The van der Waals surface area contributed by atoms with Crippen LogP contribution < -0.4 is 16.0 Å². The number of nitrogens with one attached hydrogen (secondary N) is 3. The van der Waals surface area contributed by atoms with Gasteiger partial charge in [-0.1, -0.05) is 76.3 Å². The first-order valence-corrected chi connectivity index (χ1v) is 20.7. The third-order valence-corrected chi connectivity index (χ3v) is 11.0. The summed E-state index contributed by atoms with van der Waals surface area (Å²) in [6.45, 7) is 9.04. The highest BCUT2D eigenvalue weighted by molar-refractivity contribution is 14.1. The number of rotatable bonds is 23. The molecule has 8 nitrogen and oxygen atoms in total. The number of carbonyl (C=O) groups is 4. The summed E-state index contributed by atoms with van der Waals surface area (Å²) in [6, 6.07) is 8.06. The molecule has 49 heavy (non-hydrogen) atoms. The minimum absolute atomic E-state index is 0.0155. The highest BCUT2D eigenvalue weighted by atomic mass is 127. The fraction of sp³-hybridized carbons (Fsp3) is 0.579. The number of carbonyl (C=O) groups excluding carboxylic acids is 4. The number of ketones is 2. The Morgan fingerprint density at radius 2 is 1.06 bits per heavy atom. The minimum atomic E-state index is -0.388. The van der Waals surface area contributed by atoms with Gasteiger partial charge in [0.1, 0.15) is 17.2 Å². The summed E-state index contributed by atoms with van der Waals surface area (Å²) in [5.41, 5.74) is 3.48. The maximum absolute atomic E-state index is 13.6. The van der Waals surface area contributed by atoms with Crippen LogP contribution in [0, 0.1) is 10.7 Å². The average molecular weight is 1010 g/mol. The second kappa shape index (κ2) is 23.1. The third-order valence-electron chi connectivity index (χ3n) is 7.80. The van der Waals surface area contributed by atoms with Crippen LogP contribution >= 0.6 is 67.8 Å². The molecule has 0 fully saturated rings. The Kier molecular flexibility index (Phi) is 20.6. The molecule has 0 heterocycles. The zero-order chi connectivity index (χ0) is 36.4. The monoisotopic (exact) mass is 1010 g/mol. The van der Waals surface area contributed by atoms with Crippen molar-refractivity contribution in [3.8, 4) is 0 Å². The molecule has 2 aromatic carbocycles. The van der Waals surface area contributed by atoms with Crippen molar-refractivity contribution in [3.05, 3.63) is 46.1 Å². The Hall–Kier alpha value is -1.49. The van der Waals surface area contributed by atoms with Crippen LogP contribution in [0.4, 0.5) is 17.1 Å². The van der Waals surface area contributed by atoms with E-state index < -0.39 is 0 Å². The molecule has 0 aromatic heterocycles. The van der Waals surface area contributed by atoms with E-state index in [9.17, 15) is 19.2 Å². The Labute approximate surface area is 334 Å². The van der Waals surface area contributed by atoms with Gasteiger partial charge in [0.15, 0.2) is 0 Å². The number of anilines is 3. The van der Waals surface area contributed by atoms with Crippen molar-refractivity contribution in [3.63, 3.8) is 0 Å². The zero-order valence-electron chi connectivity index (χ0n) is 29.8. The second-order valence-electron chi connectivity index (χ2n) is 13.7. The first-order valence-electron chi connectivity index (χ1n) is 17.5. The fourth-order valence-electron chi connectivity index (χ4n) is 5.31. The molecule has 0 aliphatic carbocycles. The number of unbranched alkanes of at least 4 members (excludes halogenated alkanes) is 11. The summed E-state index contributed by atoms with van der Waals surface area (Å²) in [5, 5.41) is 9.40. The number of Topliss-reactive ketones (excluding diaryl/α,β-unsaturated/α-hetero) is 2. The van der Waals surface area contributed by atoms with Crippen LogP contribution in [0.2, 0.25) is 0 Å².